The minimum absolute atomic E-state index is 0.158. The predicted octanol–water partition coefficient (Wildman–Crippen LogP) is 11.2. The van der Waals surface area contributed by atoms with Crippen LogP contribution in [0.2, 0.25) is 0 Å². The van der Waals surface area contributed by atoms with E-state index in [1.54, 1.807) is 0 Å². The van der Waals surface area contributed by atoms with Crippen molar-refractivity contribution < 1.29 is 37.6 Å². The third-order valence-electron chi connectivity index (χ3n) is 7.10. The van der Waals surface area contributed by atoms with Crippen LogP contribution in [-0.2, 0) is 32.7 Å². The summed E-state index contributed by atoms with van der Waals surface area (Å²) in [5, 5.41) is 0. The molecule has 1 N–H and O–H groups in total. The van der Waals surface area contributed by atoms with Gasteiger partial charge in [0.15, 0.2) is 6.10 Å². The number of carbonyl (C=O) groups excluding carboxylic acids is 2. The molecule has 0 fully saturated rings. The van der Waals surface area contributed by atoms with Crippen molar-refractivity contribution in [3.05, 3.63) is 85.1 Å². The summed E-state index contributed by atoms with van der Waals surface area (Å²) in [5.41, 5.74) is 0. The predicted molar refractivity (Wildman–Crippen MR) is 202 cm³/mol. The minimum atomic E-state index is -4.28. The van der Waals surface area contributed by atoms with Crippen molar-refractivity contribution in [2.24, 2.45) is 0 Å². The van der Waals surface area contributed by atoms with E-state index in [-0.39, 0.29) is 19.4 Å². The zero-order valence-corrected chi connectivity index (χ0v) is 31.4. The summed E-state index contributed by atoms with van der Waals surface area (Å²) in [5.74, 6) is -0.901. The van der Waals surface area contributed by atoms with E-state index in [0.717, 1.165) is 84.2 Å². The van der Waals surface area contributed by atoms with Crippen LogP contribution in [0.5, 0.6) is 0 Å². The monoisotopic (exact) mass is 704 g/mol. The molecule has 9 heteroatoms. The summed E-state index contributed by atoms with van der Waals surface area (Å²) in [4.78, 5) is 34.3. The van der Waals surface area contributed by atoms with Gasteiger partial charge in [0.1, 0.15) is 6.61 Å². The first-order valence-corrected chi connectivity index (χ1v) is 19.8. The highest BCUT2D eigenvalue weighted by Gasteiger charge is 2.24. The van der Waals surface area contributed by atoms with Crippen molar-refractivity contribution in [1.29, 1.82) is 0 Å². The van der Waals surface area contributed by atoms with Gasteiger partial charge in [-0.25, -0.2) is 4.57 Å². The van der Waals surface area contributed by atoms with E-state index < -0.39 is 32.5 Å². The van der Waals surface area contributed by atoms with Crippen molar-refractivity contribution in [3.8, 4) is 0 Å². The molecule has 0 amide bonds. The summed E-state index contributed by atoms with van der Waals surface area (Å²) in [6.07, 6.45) is 45.0. The lowest BCUT2D eigenvalue weighted by Crippen LogP contribution is -2.29. The summed E-state index contributed by atoms with van der Waals surface area (Å²) in [6, 6.07) is 0. The number of unbranched alkanes of at least 4 members (excludes halogenated alkanes) is 7. The minimum Gasteiger partial charge on any atom is -0.462 e. The van der Waals surface area contributed by atoms with E-state index in [2.05, 4.69) is 97.4 Å². The van der Waals surface area contributed by atoms with Crippen LogP contribution in [0.25, 0.3) is 0 Å². The smallest absolute Gasteiger partial charge is 0.462 e. The molecule has 0 aliphatic carbocycles. The average Bonchev–Trinajstić information content (AvgIpc) is 3.09. The molecule has 278 valence electrons. The molecule has 0 bridgehead atoms. The Morgan fingerprint density at radius 2 is 1.06 bits per heavy atom. The van der Waals surface area contributed by atoms with Crippen molar-refractivity contribution in [3.63, 3.8) is 0 Å². The molecular formula is C40H65O8P. The zero-order valence-electron chi connectivity index (χ0n) is 30.6. The van der Waals surface area contributed by atoms with Crippen molar-refractivity contribution >= 4 is 19.8 Å². The molecule has 2 atom stereocenters. The second-order valence-electron chi connectivity index (χ2n) is 11.6. The van der Waals surface area contributed by atoms with E-state index >= 15 is 0 Å². The molecule has 2 unspecified atom stereocenters. The fourth-order valence-corrected chi connectivity index (χ4v) is 4.78. The van der Waals surface area contributed by atoms with Crippen LogP contribution >= 0.6 is 7.82 Å². The lowest BCUT2D eigenvalue weighted by molar-refractivity contribution is -0.161. The Morgan fingerprint density at radius 3 is 1.61 bits per heavy atom. The van der Waals surface area contributed by atoms with E-state index in [1.165, 1.54) is 6.42 Å². The number of ether oxygens (including phenoxy) is 2. The van der Waals surface area contributed by atoms with Gasteiger partial charge in [-0.05, 0) is 77.0 Å². The molecule has 0 aliphatic heterocycles. The van der Waals surface area contributed by atoms with E-state index in [0.29, 0.717) is 19.3 Å². The Bertz CT molecular complexity index is 1070. The van der Waals surface area contributed by atoms with Gasteiger partial charge in [0.05, 0.1) is 6.61 Å². The van der Waals surface area contributed by atoms with E-state index in [9.17, 15) is 19.0 Å². The Hall–Kier alpha value is -2.77. The molecule has 0 aromatic rings. The van der Waals surface area contributed by atoms with Crippen LogP contribution in [0, 0.1) is 0 Å². The Labute approximate surface area is 297 Å². The number of phosphoric acid groups is 1. The Balaban J connectivity index is 4.24. The maximum atomic E-state index is 12.4. The molecule has 0 radical (unpaired) electrons. The molecular weight excluding hydrogens is 639 g/mol. The quantitative estimate of drug-likeness (QED) is 0.0319. The van der Waals surface area contributed by atoms with Crippen LogP contribution in [0.4, 0.5) is 0 Å². The third-order valence-corrected chi connectivity index (χ3v) is 8.04. The van der Waals surface area contributed by atoms with Gasteiger partial charge in [-0.3, -0.25) is 18.6 Å². The number of rotatable bonds is 32. The lowest BCUT2D eigenvalue weighted by atomic mass is 10.1. The summed E-state index contributed by atoms with van der Waals surface area (Å²) >= 11 is 0. The standard InChI is InChI=1S/C40H65O8P/c1-4-6-8-10-12-14-16-18-19-20-21-23-25-27-29-31-33-35-40(42)48-38(37-47-49(43,44)45-3)36-46-39(41)34-32-30-28-26-24-22-17-15-13-11-9-7-5-2/h6,8-9,11-12,14-15,17-19,21,23,27,29,38H,4-5,7,10,13,16,20,22,24-26,28,30-37H2,1-3H3,(H,43,44)/b8-6-,11-9-,14-12-,17-15-,19-18-,23-21-,29-27-. The number of esters is 2. The van der Waals surface area contributed by atoms with Gasteiger partial charge >= 0.3 is 19.8 Å². The van der Waals surface area contributed by atoms with E-state index in [4.69, 9.17) is 14.0 Å². The van der Waals surface area contributed by atoms with Crippen LogP contribution in [-0.4, -0.2) is 43.3 Å². The SMILES string of the molecule is CC/C=C\C/C=C\C/C=C\C/C=C\C/C=C\CCCC(=O)OC(COC(=O)CCCCCCC/C=C\C/C=C\CCC)COP(=O)(O)OC. The average molecular weight is 705 g/mol. The number of carbonyl (C=O) groups is 2. The van der Waals surface area contributed by atoms with Gasteiger partial charge in [0, 0.05) is 20.0 Å². The second kappa shape index (κ2) is 35.1. The fourth-order valence-electron chi connectivity index (χ4n) is 4.32. The van der Waals surface area contributed by atoms with Gasteiger partial charge in [0.2, 0.25) is 0 Å². The second-order valence-corrected chi connectivity index (χ2v) is 13.2. The van der Waals surface area contributed by atoms with Gasteiger partial charge in [-0.2, -0.15) is 0 Å². The summed E-state index contributed by atoms with van der Waals surface area (Å²) < 4.78 is 31.8. The van der Waals surface area contributed by atoms with Crippen LogP contribution < -0.4 is 0 Å². The molecule has 8 nitrogen and oxygen atoms in total. The third kappa shape index (κ3) is 34.9. The van der Waals surface area contributed by atoms with Crippen molar-refractivity contribution in [2.75, 3.05) is 20.3 Å². The van der Waals surface area contributed by atoms with Crippen LogP contribution in [0.1, 0.15) is 129 Å². The van der Waals surface area contributed by atoms with Crippen molar-refractivity contribution in [1.82, 2.24) is 0 Å². The first-order valence-electron chi connectivity index (χ1n) is 18.3. The topological polar surface area (TPSA) is 108 Å². The largest absolute Gasteiger partial charge is 0.472 e. The van der Waals surface area contributed by atoms with E-state index in [1.807, 2.05) is 6.08 Å². The maximum absolute atomic E-state index is 12.4. The maximum Gasteiger partial charge on any atom is 0.472 e. The van der Waals surface area contributed by atoms with Crippen LogP contribution in [0.15, 0.2) is 85.1 Å². The lowest BCUT2D eigenvalue weighted by Gasteiger charge is -2.19. The van der Waals surface area contributed by atoms with Gasteiger partial charge in [-0.15, -0.1) is 0 Å². The first kappa shape index (κ1) is 46.2. The number of allylic oxidation sites excluding steroid dienone is 14. The Morgan fingerprint density at radius 1 is 0.592 bits per heavy atom. The first-order chi connectivity index (χ1) is 23.8. The molecule has 0 saturated carbocycles. The highest BCUT2D eigenvalue weighted by atomic mass is 31.2. The van der Waals surface area contributed by atoms with Crippen molar-refractivity contribution in [2.45, 2.75) is 136 Å². The fraction of sp³-hybridized carbons (Fsp3) is 0.600. The molecule has 0 heterocycles. The zero-order chi connectivity index (χ0) is 36.1. The highest BCUT2D eigenvalue weighted by molar-refractivity contribution is 7.47. The number of hydrogen-bond acceptors (Lipinski definition) is 7. The molecule has 0 rings (SSSR count). The number of hydrogen-bond donors (Lipinski definition) is 1. The molecule has 0 spiro atoms. The summed E-state index contributed by atoms with van der Waals surface area (Å²) in [7, 11) is -3.24. The molecule has 0 aliphatic rings. The van der Waals surface area contributed by atoms with Gasteiger partial charge < -0.3 is 14.4 Å². The normalized spacial score (nSPS) is 14.4. The molecule has 0 aromatic carbocycles. The van der Waals surface area contributed by atoms with Gasteiger partial charge in [-0.1, -0.05) is 125 Å². The summed E-state index contributed by atoms with van der Waals surface area (Å²) in [6.45, 7) is 3.62. The van der Waals surface area contributed by atoms with Crippen LogP contribution in [0.3, 0.4) is 0 Å². The molecule has 0 saturated heterocycles. The highest BCUT2D eigenvalue weighted by Crippen LogP contribution is 2.42. The molecule has 0 aromatic heterocycles. The molecule has 49 heavy (non-hydrogen) atoms. The Kier molecular flexibility index (Phi) is 33.1. The van der Waals surface area contributed by atoms with Gasteiger partial charge in [0.25, 0.3) is 0 Å². The number of phosphoric ester groups is 1.